The monoisotopic (exact) mass is 315 g/mol. The maximum absolute atomic E-state index is 2.54. The Balaban J connectivity index is 2.26. The fourth-order valence-corrected chi connectivity index (χ4v) is 2.83. The molecule has 0 spiro atoms. The Morgan fingerprint density at radius 3 is 2.93 bits per heavy atom. The minimum absolute atomic E-state index is 0.746. The van der Waals surface area contributed by atoms with Crippen molar-refractivity contribution in [3.8, 4) is 0 Å². The van der Waals surface area contributed by atoms with Crippen LogP contribution in [-0.2, 0) is 6.42 Å². The maximum Gasteiger partial charge on any atom is 0.0399 e. The van der Waals surface area contributed by atoms with Gasteiger partial charge in [0.2, 0.25) is 0 Å². The van der Waals surface area contributed by atoms with Crippen LogP contribution in [0.2, 0.25) is 0 Å². The summed E-state index contributed by atoms with van der Waals surface area (Å²) in [6.07, 6.45) is 2.56. The largest absolute Gasteiger partial charge is 0.371 e. The molecule has 0 atom stereocenters. The van der Waals surface area contributed by atoms with E-state index in [1.165, 1.54) is 40.8 Å². The molecule has 0 amide bonds. The molecule has 0 aromatic heterocycles. The van der Waals surface area contributed by atoms with E-state index in [-0.39, 0.29) is 0 Å². The highest BCUT2D eigenvalue weighted by Crippen LogP contribution is 2.28. The zero-order chi connectivity index (χ0) is 10.8. The summed E-state index contributed by atoms with van der Waals surface area (Å²) in [6.45, 7) is 7.00. The first kappa shape index (κ1) is 11.2. The van der Waals surface area contributed by atoms with E-state index in [0.717, 1.165) is 5.92 Å². The van der Waals surface area contributed by atoms with Crippen LogP contribution in [0.25, 0.3) is 0 Å². The Hall–Kier alpha value is -0.250. The summed E-state index contributed by atoms with van der Waals surface area (Å²) in [5, 5.41) is 0. The molecule has 1 aliphatic heterocycles. The van der Waals surface area contributed by atoms with E-state index in [0.29, 0.717) is 0 Å². The molecule has 1 aromatic rings. The van der Waals surface area contributed by atoms with Gasteiger partial charge in [0.1, 0.15) is 0 Å². The average Bonchev–Trinajstić information content (AvgIpc) is 2.16. The zero-order valence-corrected chi connectivity index (χ0v) is 11.6. The Morgan fingerprint density at radius 1 is 1.40 bits per heavy atom. The molecule has 1 heterocycles. The molecule has 1 nitrogen and oxygen atoms in total. The molecule has 1 aromatic carbocycles. The lowest BCUT2D eigenvalue weighted by atomic mass is 10.0. The topological polar surface area (TPSA) is 3.24 Å². The van der Waals surface area contributed by atoms with Gasteiger partial charge in [-0.15, -0.1) is 0 Å². The first-order chi connectivity index (χ1) is 7.16. The highest BCUT2D eigenvalue weighted by atomic mass is 127. The van der Waals surface area contributed by atoms with Crippen LogP contribution < -0.4 is 4.90 Å². The molecular formula is C13H18IN. The van der Waals surface area contributed by atoms with Crippen LogP contribution in [0.4, 0.5) is 5.69 Å². The second-order valence-corrected chi connectivity index (χ2v) is 5.96. The fraction of sp³-hybridized carbons (Fsp3) is 0.538. The Labute approximate surface area is 106 Å². The van der Waals surface area contributed by atoms with Crippen molar-refractivity contribution in [2.75, 3.05) is 18.0 Å². The van der Waals surface area contributed by atoms with Gasteiger partial charge >= 0.3 is 0 Å². The molecule has 0 fully saturated rings. The molecule has 0 saturated heterocycles. The number of rotatable bonds is 2. The summed E-state index contributed by atoms with van der Waals surface area (Å²) in [4.78, 5) is 2.54. The zero-order valence-electron chi connectivity index (χ0n) is 9.46. The van der Waals surface area contributed by atoms with E-state index in [1.807, 2.05) is 0 Å². The number of fused-ring (bicyclic) bond motifs is 1. The molecule has 2 heteroatoms. The number of aryl methyl sites for hydroxylation is 1. The minimum Gasteiger partial charge on any atom is -0.371 e. The molecule has 15 heavy (non-hydrogen) atoms. The molecule has 0 aliphatic carbocycles. The standard InChI is InChI=1S/C13H18IN/c1-10(2)9-15-7-3-4-11-8-12(14)5-6-13(11)15/h5-6,8,10H,3-4,7,9H2,1-2H3. The van der Waals surface area contributed by atoms with Gasteiger partial charge in [-0.2, -0.15) is 0 Å². The molecule has 0 bridgehead atoms. The van der Waals surface area contributed by atoms with E-state index >= 15 is 0 Å². The third kappa shape index (κ3) is 2.65. The second-order valence-electron chi connectivity index (χ2n) is 4.72. The number of nitrogens with zero attached hydrogens (tertiary/aromatic N) is 1. The Bertz CT molecular complexity index is 346. The highest BCUT2D eigenvalue weighted by molar-refractivity contribution is 14.1. The van der Waals surface area contributed by atoms with Crippen LogP contribution in [0, 0.1) is 9.49 Å². The Morgan fingerprint density at radius 2 is 2.20 bits per heavy atom. The van der Waals surface area contributed by atoms with Gasteiger partial charge in [0.15, 0.2) is 0 Å². The van der Waals surface area contributed by atoms with E-state index < -0.39 is 0 Å². The number of hydrogen-bond donors (Lipinski definition) is 0. The van der Waals surface area contributed by atoms with Gasteiger partial charge in [0.25, 0.3) is 0 Å². The quantitative estimate of drug-likeness (QED) is 0.752. The number of hydrogen-bond acceptors (Lipinski definition) is 1. The first-order valence-electron chi connectivity index (χ1n) is 5.70. The van der Waals surface area contributed by atoms with Crippen LogP contribution in [0.15, 0.2) is 18.2 Å². The van der Waals surface area contributed by atoms with Gasteiger partial charge in [-0.05, 0) is 65.1 Å². The molecule has 2 rings (SSSR count). The predicted molar refractivity (Wildman–Crippen MR) is 74.5 cm³/mol. The molecule has 82 valence electrons. The number of benzene rings is 1. The minimum atomic E-state index is 0.746. The second kappa shape index (κ2) is 4.73. The van der Waals surface area contributed by atoms with Crippen molar-refractivity contribution in [1.82, 2.24) is 0 Å². The van der Waals surface area contributed by atoms with E-state index in [2.05, 4.69) is 59.5 Å². The van der Waals surface area contributed by atoms with Crippen molar-refractivity contribution in [3.63, 3.8) is 0 Å². The summed E-state index contributed by atoms with van der Waals surface area (Å²) in [6, 6.07) is 6.85. The van der Waals surface area contributed by atoms with Crippen molar-refractivity contribution < 1.29 is 0 Å². The summed E-state index contributed by atoms with van der Waals surface area (Å²) in [5.41, 5.74) is 3.00. The Kier molecular flexibility index (Phi) is 3.54. The van der Waals surface area contributed by atoms with Crippen molar-refractivity contribution in [1.29, 1.82) is 0 Å². The van der Waals surface area contributed by atoms with Crippen LogP contribution >= 0.6 is 22.6 Å². The lowest BCUT2D eigenvalue weighted by Gasteiger charge is -2.32. The number of halogens is 1. The first-order valence-corrected chi connectivity index (χ1v) is 6.78. The molecule has 0 saturated carbocycles. The molecule has 0 unspecified atom stereocenters. The summed E-state index contributed by atoms with van der Waals surface area (Å²) in [7, 11) is 0. The molecule has 0 N–H and O–H groups in total. The molecule has 0 radical (unpaired) electrons. The van der Waals surface area contributed by atoms with Crippen molar-refractivity contribution in [3.05, 3.63) is 27.3 Å². The highest BCUT2D eigenvalue weighted by Gasteiger charge is 2.17. The third-order valence-corrected chi connectivity index (χ3v) is 3.51. The maximum atomic E-state index is 2.54. The van der Waals surface area contributed by atoms with E-state index in [1.54, 1.807) is 0 Å². The van der Waals surface area contributed by atoms with Crippen LogP contribution in [-0.4, -0.2) is 13.1 Å². The van der Waals surface area contributed by atoms with E-state index in [4.69, 9.17) is 0 Å². The predicted octanol–water partition coefficient (Wildman–Crippen LogP) is 3.70. The smallest absolute Gasteiger partial charge is 0.0399 e. The fourth-order valence-electron chi connectivity index (χ4n) is 2.27. The third-order valence-electron chi connectivity index (χ3n) is 2.84. The molecule has 1 aliphatic rings. The number of anilines is 1. The van der Waals surface area contributed by atoms with E-state index in [9.17, 15) is 0 Å². The van der Waals surface area contributed by atoms with Crippen LogP contribution in [0.3, 0.4) is 0 Å². The van der Waals surface area contributed by atoms with Gasteiger partial charge in [-0.25, -0.2) is 0 Å². The summed E-state index contributed by atoms with van der Waals surface area (Å²) in [5.74, 6) is 0.746. The summed E-state index contributed by atoms with van der Waals surface area (Å²) >= 11 is 2.40. The van der Waals surface area contributed by atoms with Crippen molar-refractivity contribution in [2.45, 2.75) is 26.7 Å². The lowest BCUT2D eigenvalue weighted by Crippen LogP contribution is -2.32. The van der Waals surface area contributed by atoms with Crippen molar-refractivity contribution in [2.24, 2.45) is 5.92 Å². The van der Waals surface area contributed by atoms with Gasteiger partial charge < -0.3 is 4.90 Å². The molecular weight excluding hydrogens is 297 g/mol. The van der Waals surface area contributed by atoms with Crippen LogP contribution in [0.5, 0.6) is 0 Å². The SMILES string of the molecule is CC(C)CN1CCCc2cc(I)ccc21. The summed E-state index contributed by atoms with van der Waals surface area (Å²) < 4.78 is 1.36. The van der Waals surface area contributed by atoms with Crippen molar-refractivity contribution >= 4 is 28.3 Å². The normalized spacial score (nSPS) is 15.6. The van der Waals surface area contributed by atoms with Crippen LogP contribution in [0.1, 0.15) is 25.8 Å². The van der Waals surface area contributed by atoms with Gasteiger partial charge in [-0.3, -0.25) is 0 Å². The van der Waals surface area contributed by atoms with Gasteiger partial charge in [-0.1, -0.05) is 13.8 Å². The lowest BCUT2D eigenvalue weighted by molar-refractivity contribution is 0.584. The average molecular weight is 315 g/mol. The van der Waals surface area contributed by atoms with Gasteiger partial charge in [0.05, 0.1) is 0 Å². The van der Waals surface area contributed by atoms with Gasteiger partial charge in [0, 0.05) is 22.3 Å².